The minimum atomic E-state index is -3.45. The minimum Gasteiger partial charge on any atom is -0.390 e. The molecule has 6 heteroatoms. The van der Waals surface area contributed by atoms with E-state index >= 15 is 0 Å². The summed E-state index contributed by atoms with van der Waals surface area (Å²) in [5.41, 5.74) is 0.658. The van der Waals surface area contributed by atoms with Crippen LogP contribution in [0.15, 0.2) is 17.2 Å². The van der Waals surface area contributed by atoms with Gasteiger partial charge in [-0.05, 0) is 31.7 Å². The van der Waals surface area contributed by atoms with Crippen molar-refractivity contribution in [3.63, 3.8) is 0 Å². The molecule has 114 valence electrons. The van der Waals surface area contributed by atoms with Crippen molar-refractivity contribution in [1.29, 1.82) is 0 Å². The van der Waals surface area contributed by atoms with Crippen molar-refractivity contribution in [2.45, 2.75) is 57.7 Å². The number of aromatic nitrogens is 1. The molecule has 2 unspecified atom stereocenters. The number of nitrogens with zero attached hydrogens (tertiary/aromatic N) is 2. The van der Waals surface area contributed by atoms with Crippen LogP contribution in [0.25, 0.3) is 0 Å². The van der Waals surface area contributed by atoms with Gasteiger partial charge in [0.1, 0.15) is 4.90 Å². The molecule has 0 bridgehead atoms. The predicted octanol–water partition coefficient (Wildman–Crippen LogP) is 1.81. The Morgan fingerprint density at radius 2 is 2.10 bits per heavy atom. The van der Waals surface area contributed by atoms with Crippen LogP contribution in [0.4, 0.5) is 0 Å². The van der Waals surface area contributed by atoms with Gasteiger partial charge >= 0.3 is 0 Å². The first-order chi connectivity index (χ1) is 9.40. The third-order valence-corrected chi connectivity index (χ3v) is 5.87. The molecule has 0 radical (unpaired) electrons. The molecule has 0 amide bonds. The van der Waals surface area contributed by atoms with Crippen LogP contribution in [0, 0.1) is 5.92 Å². The third-order valence-electron chi connectivity index (χ3n) is 3.92. The lowest BCUT2D eigenvalue weighted by molar-refractivity contribution is 0.270. The number of aliphatic hydroxyl groups is 1. The summed E-state index contributed by atoms with van der Waals surface area (Å²) in [4.78, 5) is 0.302. The summed E-state index contributed by atoms with van der Waals surface area (Å²) in [6.07, 6.45) is 3.46. The van der Waals surface area contributed by atoms with Gasteiger partial charge in [-0.15, -0.1) is 0 Å². The molecule has 1 N–H and O–H groups in total. The van der Waals surface area contributed by atoms with E-state index in [4.69, 9.17) is 0 Å². The zero-order chi connectivity index (χ0) is 14.9. The molecule has 1 aromatic rings. The maximum absolute atomic E-state index is 12.7. The van der Waals surface area contributed by atoms with Crippen LogP contribution in [0.1, 0.15) is 39.3 Å². The molecule has 2 atom stereocenters. The Kier molecular flexibility index (Phi) is 4.56. The Balaban J connectivity index is 2.34. The summed E-state index contributed by atoms with van der Waals surface area (Å²) < 4.78 is 28.8. The van der Waals surface area contributed by atoms with E-state index < -0.39 is 10.0 Å². The molecule has 0 saturated carbocycles. The van der Waals surface area contributed by atoms with Crippen LogP contribution < -0.4 is 0 Å². The van der Waals surface area contributed by atoms with Gasteiger partial charge in [-0.3, -0.25) is 0 Å². The molecular formula is C14H24N2O3S. The van der Waals surface area contributed by atoms with Crippen LogP contribution in [-0.4, -0.2) is 35.0 Å². The molecule has 2 heterocycles. The lowest BCUT2D eigenvalue weighted by Gasteiger charge is -2.20. The van der Waals surface area contributed by atoms with Gasteiger partial charge in [-0.2, -0.15) is 4.31 Å². The van der Waals surface area contributed by atoms with Gasteiger partial charge in [-0.25, -0.2) is 8.42 Å². The van der Waals surface area contributed by atoms with Crippen LogP contribution in [0.5, 0.6) is 0 Å². The number of aliphatic hydroxyl groups excluding tert-OH is 1. The van der Waals surface area contributed by atoms with Gasteiger partial charge in [-0.1, -0.05) is 13.8 Å². The van der Waals surface area contributed by atoms with Gasteiger partial charge in [0, 0.05) is 31.0 Å². The van der Waals surface area contributed by atoms with E-state index in [9.17, 15) is 13.5 Å². The molecule has 20 heavy (non-hydrogen) atoms. The SMILES string of the molecule is CCCn1cc(S(=O)(=O)N2CC(C)CC2C)cc1CO. The Labute approximate surface area is 121 Å². The van der Waals surface area contributed by atoms with Crippen LogP contribution >= 0.6 is 0 Å². The standard InChI is InChI=1S/C14H24N2O3S/c1-4-5-15-9-14(7-13(15)10-17)20(18,19)16-8-11(2)6-12(16)3/h7,9,11-12,17H,4-6,8,10H2,1-3H3. The first-order valence-corrected chi connectivity index (χ1v) is 8.65. The van der Waals surface area contributed by atoms with E-state index in [1.165, 1.54) is 0 Å². The average molecular weight is 300 g/mol. The number of rotatable bonds is 5. The van der Waals surface area contributed by atoms with Crippen molar-refractivity contribution in [3.05, 3.63) is 18.0 Å². The highest BCUT2D eigenvalue weighted by molar-refractivity contribution is 7.89. The summed E-state index contributed by atoms with van der Waals surface area (Å²) in [5, 5.41) is 9.35. The lowest BCUT2D eigenvalue weighted by Crippen LogP contribution is -2.33. The highest BCUT2D eigenvalue weighted by Gasteiger charge is 2.36. The number of hydrogen-bond donors (Lipinski definition) is 1. The molecule has 5 nitrogen and oxygen atoms in total. The van der Waals surface area contributed by atoms with Gasteiger partial charge in [0.25, 0.3) is 0 Å². The zero-order valence-electron chi connectivity index (χ0n) is 12.4. The largest absolute Gasteiger partial charge is 0.390 e. The Morgan fingerprint density at radius 3 is 2.60 bits per heavy atom. The predicted molar refractivity (Wildman–Crippen MR) is 77.8 cm³/mol. The molecule has 1 aromatic heterocycles. The molecule has 1 aliphatic rings. The fourth-order valence-corrected chi connectivity index (χ4v) is 4.81. The number of sulfonamides is 1. The minimum absolute atomic E-state index is 0.0436. The van der Waals surface area contributed by atoms with Crippen molar-refractivity contribution in [2.75, 3.05) is 6.54 Å². The second kappa shape index (κ2) is 5.87. The van der Waals surface area contributed by atoms with E-state index in [1.807, 2.05) is 18.4 Å². The number of aryl methyl sites for hydroxylation is 1. The molecule has 0 aromatic carbocycles. The lowest BCUT2D eigenvalue weighted by atomic mass is 10.1. The summed E-state index contributed by atoms with van der Waals surface area (Å²) >= 11 is 0. The number of hydrogen-bond acceptors (Lipinski definition) is 3. The van der Waals surface area contributed by atoms with Crippen LogP contribution in [-0.2, 0) is 23.2 Å². The first-order valence-electron chi connectivity index (χ1n) is 7.21. The quantitative estimate of drug-likeness (QED) is 0.902. The smallest absolute Gasteiger partial charge is 0.244 e. The molecule has 1 aliphatic heterocycles. The Hall–Kier alpha value is -0.850. The van der Waals surface area contributed by atoms with Crippen LogP contribution in [0.2, 0.25) is 0 Å². The first kappa shape index (κ1) is 15.5. The molecule has 1 fully saturated rings. The van der Waals surface area contributed by atoms with E-state index in [0.29, 0.717) is 23.1 Å². The summed E-state index contributed by atoms with van der Waals surface area (Å²) in [7, 11) is -3.45. The van der Waals surface area contributed by atoms with E-state index in [2.05, 4.69) is 6.92 Å². The van der Waals surface area contributed by atoms with Crippen molar-refractivity contribution in [1.82, 2.24) is 8.87 Å². The maximum Gasteiger partial charge on any atom is 0.244 e. The van der Waals surface area contributed by atoms with Crippen molar-refractivity contribution >= 4 is 10.0 Å². The fourth-order valence-electron chi connectivity index (χ4n) is 2.98. The molecular weight excluding hydrogens is 276 g/mol. The Morgan fingerprint density at radius 1 is 1.40 bits per heavy atom. The maximum atomic E-state index is 12.7. The average Bonchev–Trinajstić information content (AvgIpc) is 2.94. The normalized spacial score (nSPS) is 24.4. The van der Waals surface area contributed by atoms with Gasteiger partial charge in [0.15, 0.2) is 0 Å². The molecule has 0 spiro atoms. The summed E-state index contributed by atoms with van der Waals surface area (Å²) in [5.74, 6) is 0.398. The van der Waals surface area contributed by atoms with E-state index in [0.717, 1.165) is 19.4 Å². The molecule has 1 saturated heterocycles. The topological polar surface area (TPSA) is 62.5 Å². The van der Waals surface area contributed by atoms with Crippen molar-refractivity contribution < 1.29 is 13.5 Å². The molecule has 2 rings (SSSR count). The van der Waals surface area contributed by atoms with Crippen molar-refractivity contribution in [3.8, 4) is 0 Å². The van der Waals surface area contributed by atoms with E-state index in [-0.39, 0.29) is 12.6 Å². The van der Waals surface area contributed by atoms with E-state index in [1.54, 1.807) is 16.6 Å². The van der Waals surface area contributed by atoms with Gasteiger partial charge in [0.2, 0.25) is 10.0 Å². The van der Waals surface area contributed by atoms with Gasteiger partial charge < -0.3 is 9.67 Å². The van der Waals surface area contributed by atoms with Crippen molar-refractivity contribution in [2.24, 2.45) is 5.92 Å². The Bertz CT molecular complexity index is 565. The third kappa shape index (κ3) is 2.77. The summed E-state index contributed by atoms with van der Waals surface area (Å²) in [6, 6.07) is 1.64. The fraction of sp³-hybridized carbons (Fsp3) is 0.714. The highest BCUT2D eigenvalue weighted by atomic mass is 32.2. The zero-order valence-corrected chi connectivity index (χ0v) is 13.2. The van der Waals surface area contributed by atoms with Crippen LogP contribution in [0.3, 0.4) is 0 Å². The monoisotopic (exact) mass is 300 g/mol. The molecule has 0 aliphatic carbocycles. The second-order valence-electron chi connectivity index (χ2n) is 5.78. The summed E-state index contributed by atoms with van der Waals surface area (Å²) in [6.45, 7) is 7.22. The second-order valence-corrected chi connectivity index (χ2v) is 7.67. The van der Waals surface area contributed by atoms with Gasteiger partial charge in [0.05, 0.1) is 6.61 Å². The highest BCUT2D eigenvalue weighted by Crippen LogP contribution is 2.29.